The number of benzene rings is 3. The number of rotatable bonds is 7. The van der Waals surface area contributed by atoms with Crippen molar-refractivity contribution in [3.63, 3.8) is 0 Å². The van der Waals surface area contributed by atoms with Crippen molar-refractivity contribution in [2.24, 2.45) is 0 Å². The molecule has 0 bridgehead atoms. The number of carbonyl (C=O) groups is 2. The molecule has 0 spiro atoms. The van der Waals surface area contributed by atoms with Gasteiger partial charge in [0.2, 0.25) is 5.82 Å². The molecule has 0 fully saturated rings. The van der Waals surface area contributed by atoms with Gasteiger partial charge in [-0.1, -0.05) is 44.0 Å². The summed E-state index contributed by atoms with van der Waals surface area (Å²) in [4.78, 5) is 34.0. The van der Waals surface area contributed by atoms with Crippen LogP contribution in [0.4, 0.5) is 18.9 Å². The van der Waals surface area contributed by atoms with Crippen LogP contribution < -0.4 is 10.1 Å². The molecule has 40 heavy (non-hydrogen) atoms. The maximum Gasteiger partial charge on any atom is 0.416 e. The van der Waals surface area contributed by atoms with Gasteiger partial charge in [0.1, 0.15) is 12.4 Å². The van der Waals surface area contributed by atoms with E-state index in [1.54, 1.807) is 18.2 Å². The zero-order chi connectivity index (χ0) is 29.0. The molecule has 1 heterocycles. The van der Waals surface area contributed by atoms with Gasteiger partial charge in [-0.25, -0.2) is 14.8 Å². The number of carbonyl (C=O) groups excluding carboxylic acids is 2. The minimum absolute atomic E-state index is 0.0514. The molecule has 0 unspecified atom stereocenters. The van der Waals surface area contributed by atoms with Crippen molar-refractivity contribution in [2.45, 2.75) is 25.9 Å². The van der Waals surface area contributed by atoms with E-state index in [9.17, 15) is 22.8 Å². The predicted octanol–water partition coefficient (Wildman–Crippen LogP) is 6.49. The van der Waals surface area contributed by atoms with E-state index in [1.165, 1.54) is 0 Å². The zero-order valence-corrected chi connectivity index (χ0v) is 21.8. The fourth-order valence-electron chi connectivity index (χ4n) is 3.96. The van der Waals surface area contributed by atoms with Crippen molar-refractivity contribution in [2.75, 3.05) is 19.0 Å². The highest BCUT2D eigenvalue weighted by molar-refractivity contribution is 6.05. The first-order valence-electron chi connectivity index (χ1n) is 12.1. The molecular formula is C30H24F3N3O4. The number of nitrogens with zero attached hydrogens (tertiary/aromatic N) is 2. The van der Waals surface area contributed by atoms with E-state index in [4.69, 9.17) is 11.2 Å². The molecule has 0 aliphatic rings. The number of fused-ring (bicyclic) bond motifs is 1. The first-order valence-corrected chi connectivity index (χ1v) is 12.1. The highest BCUT2D eigenvalue weighted by atomic mass is 19.4. The topological polar surface area (TPSA) is 90.4 Å². The maximum atomic E-state index is 13.5. The molecule has 7 nitrogen and oxygen atoms in total. The first-order chi connectivity index (χ1) is 19.0. The fourth-order valence-corrected chi connectivity index (χ4v) is 3.96. The van der Waals surface area contributed by atoms with Gasteiger partial charge in [-0.2, -0.15) is 13.2 Å². The average Bonchev–Trinajstić information content (AvgIpc) is 2.94. The molecule has 0 radical (unpaired) electrons. The Kier molecular flexibility index (Phi) is 8.05. The van der Waals surface area contributed by atoms with Crippen LogP contribution in [0, 0.1) is 12.3 Å². The van der Waals surface area contributed by atoms with Crippen molar-refractivity contribution < 1.29 is 32.2 Å². The van der Waals surface area contributed by atoms with Crippen LogP contribution in [0.2, 0.25) is 0 Å². The molecular weight excluding hydrogens is 523 g/mol. The van der Waals surface area contributed by atoms with Crippen LogP contribution in [0.1, 0.15) is 51.9 Å². The van der Waals surface area contributed by atoms with Crippen LogP contribution in [-0.2, 0) is 10.9 Å². The lowest BCUT2D eigenvalue weighted by molar-refractivity contribution is -0.137. The monoisotopic (exact) mass is 547 g/mol. The number of hydrogen-bond donors (Lipinski definition) is 1. The van der Waals surface area contributed by atoms with Crippen LogP contribution in [-0.4, -0.2) is 35.6 Å². The Hall–Kier alpha value is -4.91. The number of amides is 1. The lowest BCUT2D eigenvalue weighted by Gasteiger charge is -2.14. The summed E-state index contributed by atoms with van der Waals surface area (Å²) < 4.78 is 50.5. The van der Waals surface area contributed by atoms with Gasteiger partial charge in [0.25, 0.3) is 5.91 Å². The molecule has 4 aromatic rings. The number of terminal acetylenes is 1. The minimum atomic E-state index is -4.77. The van der Waals surface area contributed by atoms with Gasteiger partial charge in [0.15, 0.2) is 0 Å². The molecule has 10 heteroatoms. The second-order valence-electron chi connectivity index (χ2n) is 9.09. The third kappa shape index (κ3) is 6.21. The molecule has 0 saturated heterocycles. The van der Waals surface area contributed by atoms with Gasteiger partial charge in [-0.15, -0.1) is 6.42 Å². The summed E-state index contributed by atoms with van der Waals surface area (Å²) in [5.41, 5.74) is 0.820. The Bertz CT molecular complexity index is 1620. The second-order valence-corrected chi connectivity index (χ2v) is 9.09. The third-order valence-corrected chi connectivity index (χ3v) is 5.98. The molecule has 1 N–H and O–H groups in total. The van der Waals surface area contributed by atoms with Crippen molar-refractivity contribution >= 4 is 28.5 Å². The lowest BCUT2D eigenvalue weighted by atomic mass is 9.99. The summed E-state index contributed by atoms with van der Waals surface area (Å²) in [6, 6.07) is 15.0. The summed E-state index contributed by atoms with van der Waals surface area (Å²) >= 11 is 0. The van der Waals surface area contributed by atoms with Crippen LogP contribution in [0.5, 0.6) is 5.75 Å². The van der Waals surface area contributed by atoms with Gasteiger partial charge in [0.05, 0.1) is 29.4 Å². The van der Waals surface area contributed by atoms with E-state index in [-0.39, 0.29) is 23.7 Å². The van der Waals surface area contributed by atoms with Crippen LogP contribution in [0.25, 0.3) is 22.2 Å². The van der Waals surface area contributed by atoms with E-state index >= 15 is 0 Å². The summed E-state index contributed by atoms with van der Waals surface area (Å²) in [5, 5.41) is 2.96. The van der Waals surface area contributed by atoms with E-state index in [0.29, 0.717) is 46.0 Å². The Morgan fingerprint density at radius 1 is 1.02 bits per heavy atom. The van der Waals surface area contributed by atoms with E-state index in [0.717, 1.165) is 18.7 Å². The normalized spacial score (nSPS) is 11.2. The predicted molar refractivity (Wildman–Crippen MR) is 144 cm³/mol. The van der Waals surface area contributed by atoms with Crippen LogP contribution in [0.3, 0.4) is 0 Å². The third-order valence-electron chi connectivity index (χ3n) is 5.98. The van der Waals surface area contributed by atoms with Crippen molar-refractivity contribution in [3.05, 3.63) is 83.2 Å². The van der Waals surface area contributed by atoms with Gasteiger partial charge in [0, 0.05) is 16.6 Å². The minimum Gasteiger partial charge on any atom is -0.481 e. The Morgan fingerprint density at radius 2 is 1.75 bits per heavy atom. The van der Waals surface area contributed by atoms with Crippen LogP contribution >= 0.6 is 0 Å². The smallest absolute Gasteiger partial charge is 0.416 e. The second kappa shape index (κ2) is 11.5. The SMILES string of the molecule is C#CCOc1ccc2nc(C(=O)Nc3cc(C(=O)OC)cc(C(F)(F)F)c3)nc(-c3ccc(C(C)C)cc3)c2c1. The van der Waals surface area contributed by atoms with E-state index in [2.05, 4.69) is 39.8 Å². The standard InChI is InChI=1S/C30H24F3N3O4/c1-5-12-40-23-10-11-25-24(16-23)26(19-8-6-18(7-9-19)17(2)3)36-27(35-25)28(37)34-22-14-20(29(38)39-4)13-21(15-22)30(31,32)33/h1,6-11,13-17H,12H2,2-4H3,(H,34,37). The van der Waals surface area contributed by atoms with Crippen molar-refractivity contribution in [3.8, 4) is 29.4 Å². The number of esters is 1. The molecule has 3 aromatic carbocycles. The fraction of sp³-hybridized carbons (Fsp3) is 0.200. The van der Waals surface area contributed by atoms with E-state index < -0.39 is 23.6 Å². The van der Waals surface area contributed by atoms with E-state index in [1.807, 2.05) is 24.3 Å². The molecule has 204 valence electrons. The quantitative estimate of drug-likeness (QED) is 0.210. The molecule has 1 aromatic heterocycles. The Morgan fingerprint density at radius 3 is 2.38 bits per heavy atom. The Balaban J connectivity index is 1.80. The number of halogens is 3. The van der Waals surface area contributed by atoms with Gasteiger partial charge < -0.3 is 14.8 Å². The van der Waals surface area contributed by atoms with Crippen molar-refractivity contribution in [1.82, 2.24) is 9.97 Å². The average molecular weight is 548 g/mol. The number of alkyl halides is 3. The zero-order valence-electron chi connectivity index (χ0n) is 21.8. The summed E-state index contributed by atoms with van der Waals surface area (Å²) in [6.45, 7) is 4.17. The van der Waals surface area contributed by atoms with Gasteiger partial charge in [-0.05, 0) is 47.9 Å². The molecule has 4 rings (SSSR count). The van der Waals surface area contributed by atoms with Gasteiger partial charge >= 0.3 is 12.1 Å². The lowest BCUT2D eigenvalue weighted by Crippen LogP contribution is -2.18. The largest absolute Gasteiger partial charge is 0.481 e. The number of aromatic nitrogens is 2. The number of ether oxygens (including phenoxy) is 2. The number of anilines is 1. The molecule has 0 atom stereocenters. The maximum absolute atomic E-state index is 13.5. The van der Waals surface area contributed by atoms with Gasteiger partial charge in [-0.3, -0.25) is 4.79 Å². The van der Waals surface area contributed by atoms with Crippen molar-refractivity contribution in [1.29, 1.82) is 0 Å². The highest BCUT2D eigenvalue weighted by Crippen LogP contribution is 2.33. The Labute approximate surface area is 228 Å². The molecule has 1 amide bonds. The summed E-state index contributed by atoms with van der Waals surface area (Å²) in [5.74, 6) is 1.02. The highest BCUT2D eigenvalue weighted by Gasteiger charge is 2.32. The van der Waals surface area contributed by atoms with Crippen LogP contribution in [0.15, 0.2) is 60.7 Å². The summed E-state index contributed by atoms with van der Waals surface area (Å²) in [6.07, 6.45) is 0.533. The molecule has 0 aliphatic heterocycles. The number of nitrogens with one attached hydrogen (secondary N) is 1. The first kappa shape index (κ1) is 28.1. The number of methoxy groups -OCH3 is 1. The number of hydrogen-bond acceptors (Lipinski definition) is 6. The molecule has 0 saturated carbocycles. The summed E-state index contributed by atoms with van der Waals surface area (Å²) in [7, 11) is 1.04. The molecule has 0 aliphatic carbocycles.